The molecule has 0 saturated carbocycles. The van der Waals surface area contributed by atoms with Crippen molar-refractivity contribution in [3.8, 4) is 17.1 Å². The molecular weight excluding hydrogens is 418 g/mol. The van der Waals surface area contributed by atoms with Crippen molar-refractivity contribution in [2.45, 2.75) is 6.54 Å². The zero-order chi connectivity index (χ0) is 22.9. The molecule has 0 saturated heterocycles. The molecule has 0 radical (unpaired) electrons. The van der Waals surface area contributed by atoms with Gasteiger partial charge in [0.2, 0.25) is 0 Å². The molecule has 0 atom stereocenters. The second-order valence-corrected chi connectivity index (χ2v) is 7.60. The highest BCUT2D eigenvalue weighted by Gasteiger charge is 2.18. The molecule has 9 nitrogen and oxygen atoms in total. The third-order valence-electron chi connectivity index (χ3n) is 5.45. The average molecular weight is 439 g/mol. The number of nitrogens with one attached hydrogen (secondary N) is 1. The van der Waals surface area contributed by atoms with Gasteiger partial charge in [-0.25, -0.2) is 9.67 Å². The van der Waals surface area contributed by atoms with Gasteiger partial charge in [0.15, 0.2) is 11.6 Å². The van der Waals surface area contributed by atoms with Crippen LogP contribution in [-0.2, 0) is 13.6 Å². The zero-order valence-corrected chi connectivity index (χ0v) is 18.1. The maximum Gasteiger partial charge on any atom is 0.258 e. The van der Waals surface area contributed by atoms with Gasteiger partial charge < -0.3 is 9.88 Å². The van der Waals surface area contributed by atoms with Gasteiger partial charge in [0.25, 0.3) is 11.5 Å². The number of aryl methyl sites for hydroxylation is 1. The van der Waals surface area contributed by atoms with E-state index in [0.29, 0.717) is 29.1 Å². The molecule has 0 aliphatic carbocycles. The minimum Gasteiger partial charge on any atom is -0.355 e. The molecule has 5 rings (SSSR count). The Morgan fingerprint density at radius 3 is 2.48 bits per heavy atom. The number of carbonyl (C=O) groups excluding carboxylic acids is 1. The number of aromatic nitrogens is 6. The van der Waals surface area contributed by atoms with Crippen LogP contribution in [0.1, 0.15) is 16.2 Å². The van der Waals surface area contributed by atoms with E-state index in [9.17, 15) is 9.59 Å². The molecule has 0 bridgehead atoms. The van der Waals surface area contributed by atoms with E-state index in [-0.39, 0.29) is 11.5 Å². The van der Waals surface area contributed by atoms with Gasteiger partial charge in [-0.2, -0.15) is 5.10 Å². The summed E-state index contributed by atoms with van der Waals surface area (Å²) < 4.78 is 5.04. The molecule has 0 spiro atoms. The Bertz CT molecular complexity index is 1510. The van der Waals surface area contributed by atoms with Crippen molar-refractivity contribution in [3.63, 3.8) is 0 Å². The largest absolute Gasteiger partial charge is 0.355 e. The van der Waals surface area contributed by atoms with E-state index in [1.807, 2.05) is 48.7 Å². The molecule has 3 aromatic heterocycles. The normalized spacial score (nSPS) is 11.1. The lowest BCUT2D eigenvalue weighted by atomic mass is 10.1. The van der Waals surface area contributed by atoms with E-state index in [1.165, 1.54) is 0 Å². The minimum absolute atomic E-state index is 0.0767. The van der Waals surface area contributed by atoms with Gasteiger partial charge in [-0.15, -0.1) is 5.10 Å². The second-order valence-electron chi connectivity index (χ2n) is 7.60. The topological polar surface area (TPSA) is 99.6 Å². The molecule has 1 amide bonds. The average Bonchev–Trinajstić information content (AvgIpc) is 3.51. The summed E-state index contributed by atoms with van der Waals surface area (Å²) in [6.45, 7) is 0.396. The van der Waals surface area contributed by atoms with Gasteiger partial charge in [0.05, 0.1) is 5.69 Å². The van der Waals surface area contributed by atoms with Crippen LogP contribution in [0.4, 0.5) is 0 Å². The van der Waals surface area contributed by atoms with Crippen LogP contribution >= 0.6 is 0 Å². The fourth-order valence-corrected chi connectivity index (χ4v) is 3.81. The van der Waals surface area contributed by atoms with Crippen molar-refractivity contribution in [3.05, 3.63) is 94.9 Å². The highest BCUT2D eigenvalue weighted by molar-refractivity contribution is 5.95. The Balaban J connectivity index is 1.71. The predicted molar refractivity (Wildman–Crippen MR) is 124 cm³/mol. The Hall–Kier alpha value is -4.53. The molecule has 2 aromatic carbocycles. The Morgan fingerprint density at radius 1 is 1.03 bits per heavy atom. The summed E-state index contributed by atoms with van der Waals surface area (Å²) in [5.74, 6) is 1.00. The number of fused-ring (bicyclic) bond motifs is 1. The van der Waals surface area contributed by atoms with Gasteiger partial charge in [-0.05, 0) is 41.8 Å². The van der Waals surface area contributed by atoms with Gasteiger partial charge in [-0.3, -0.25) is 14.3 Å². The third kappa shape index (κ3) is 3.69. The summed E-state index contributed by atoms with van der Waals surface area (Å²) in [5.41, 5.74) is 2.00. The van der Waals surface area contributed by atoms with Gasteiger partial charge in [-0.1, -0.05) is 18.2 Å². The number of carbonyl (C=O) groups is 1. The Morgan fingerprint density at radius 2 is 1.79 bits per heavy atom. The number of hydrogen-bond donors (Lipinski definition) is 1. The fourth-order valence-electron chi connectivity index (χ4n) is 3.81. The van der Waals surface area contributed by atoms with Crippen molar-refractivity contribution in [2.75, 3.05) is 7.05 Å². The fraction of sp³-hybridized carbons (Fsp3) is 0.125. The van der Waals surface area contributed by atoms with Crippen molar-refractivity contribution in [1.29, 1.82) is 0 Å². The van der Waals surface area contributed by atoms with Crippen LogP contribution in [0.5, 0.6) is 0 Å². The van der Waals surface area contributed by atoms with Crippen molar-refractivity contribution >= 4 is 16.7 Å². The smallest absolute Gasteiger partial charge is 0.258 e. The standard InChI is InChI=1S/C24H21N7O2/c1-25-23(32)16-8-10-17(11-9-16)31-22(27-21(28-31)15-30-13-5-12-26-30)20-14-29(2)24(33)19-7-4-3-6-18(19)20/h3-14H,15H2,1-2H3,(H,25,32). The van der Waals surface area contributed by atoms with Crippen LogP contribution in [0.25, 0.3) is 27.8 Å². The van der Waals surface area contributed by atoms with Crippen LogP contribution < -0.4 is 10.9 Å². The minimum atomic E-state index is -0.163. The zero-order valence-electron chi connectivity index (χ0n) is 18.1. The number of benzene rings is 2. The first kappa shape index (κ1) is 20.4. The van der Waals surface area contributed by atoms with Gasteiger partial charge in [0.1, 0.15) is 6.54 Å². The summed E-state index contributed by atoms with van der Waals surface area (Å²) in [4.78, 5) is 29.5. The van der Waals surface area contributed by atoms with Crippen molar-refractivity contribution < 1.29 is 4.79 Å². The maximum absolute atomic E-state index is 12.7. The monoisotopic (exact) mass is 439 g/mol. The summed E-state index contributed by atoms with van der Waals surface area (Å²) >= 11 is 0. The number of rotatable bonds is 5. The van der Waals surface area contributed by atoms with E-state index in [1.54, 1.807) is 52.6 Å². The molecule has 3 heterocycles. The second kappa shape index (κ2) is 8.19. The first-order valence-electron chi connectivity index (χ1n) is 10.4. The quantitative estimate of drug-likeness (QED) is 0.453. The van der Waals surface area contributed by atoms with Crippen molar-refractivity contribution in [2.24, 2.45) is 7.05 Å². The highest BCUT2D eigenvalue weighted by Crippen LogP contribution is 2.27. The predicted octanol–water partition coefficient (Wildman–Crippen LogP) is 2.39. The molecule has 0 unspecified atom stereocenters. The van der Waals surface area contributed by atoms with E-state index in [2.05, 4.69) is 10.4 Å². The van der Waals surface area contributed by atoms with E-state index in [0.717, 1.165) is 16.6 Å². The van der Waals surface area contributed by atoms with Crippen LogP contribution in [0.2, 0.25) is 0 Å². The highest BCUT2D eigenvalue weighted by atomic mass is 16.1. The lowest BCUT2D eigenvalue weighted by Crippen LogP contribution is -2.18. The first-order valence-corrected chi connectivity index (χ1v) is 10.4. The third-order valence-corrected chi connectivity index (χ3v) is 5.45. The van der Waals surface area contributed by atoms with E-state index in [4.69, 9.17) is 10.1 Å². The molecule has 1 N–H and O–H groups in total. The Labute approximate surface area is 188 Å². The lowest BCUT2D eigenvalue weighted by molar-refractivity contribution is 0.0963. The summed E-state index contributed by atoms with van der Waals surface area (Å²) in [5, 5.41) is 13.0. The number of amides is 1. The van der Waals surface area contributed by atoms with E-state index >= 15 is 0 Å². The van der Waals surface area contributed by atoms with Gasteiger partial charge in [0, 0.05) is 49.2 Å². The first-order chi connectivity index (χ1) is 16.0. The van der Waals surface area contributed by atoms with Crippen LogP contribution in [0.3, 0.4) is 0 Å². The molecule has 9 heteroatoms. The summed E-state index contributed by atoms with van der Waals surface area (Å²) in [6.07, 6.45) is 5.33. The molecule has 33 heavy (non-hydrogen) atoms. The van der Waals surface area contributed by atoms with Crippen LogP contribution in [0.15, 0.2) is 78.0 Å². The number of hydrogen-bond acceptors (Lipinski definition) is 5. The lowest BCUT2D eigenvalue weighted by Gasteiger charge is -2.11. The Kier molecular flexibility index (Phi) is 5.06. The molecule has 0 fully saturated rings. The summed E-state index contributed by atoms with van der Waals surface area (Å²) in [6, 6.07) is 16.4. The molecule has 0 aliphatic rings. The molecular formula is C24H21N7O2. The molecule has 5 aromatic rings. The van der Waals surface area contributed by atoms with E-state index < -0.39 is 0 Å². The maximum atomic E-state index is 12.7. The molecule has 164 valence electrons. The number of pyridine rings is 1. The van der Waals surface area contributed by atoms with Crippen LogP contribution in [0, 0.1) is 0 Å². The number of nitrogens with zero attached hydrogens (tertiary/aromatic N) is 6. The van der Waals surface area contributed by atoms with Crippen molar-refractivity contribution in [1.82, 2.24) is 34.4 Å². The molecule has 0 aliphatic heterocycles. The van der Waals surface area contributed by atoms with Crippen LogP contribution in [-0.4, -0.2) is 42.1 Å². The SMILES string of the molecule is CNC(=O)c1ccc(-n2nc(Cn3cccn3)nc2-c2cn(C)c(=O)c3ccccc23)cc1. The van der Waals surface area contributed by atoms with Gasteiger partial charge >= 0.3 is 0 Å². The summed E-state index contributed by atoms with van der Waals surface area (Å²) in [7, 11) is 3.32.